The van der Waals surface area contributed by atoms with Crippen molar-refractivity contribution in [2.24, 2.45) is 7.05 Å². The number of carboxylic acids is 1. The first-order valence-corrected chi connectivity index (χ1v) is 10.6. The number of aromatic nitrogens is 4. The molecule has 1 aromatic heterocycles. The molecule has 8 nitrogen and oxygen atoms in total. The number of carboxylic acid groups (broad SMARTS) is 1. The van der Waals surface area contributed by atoms with Gasteiger partial charge in [0.25, 0.3) is 0 Å². The fourth-order valence-electron chi connectivity index (χ4n) is 3.42. The molecule has 182 valence electrons. The molecule has 2 atom stereocenters. The number of allylic oxidation sites excluding steroid dienone is 4. The zero-order chi connectivity index (χ0) is 25.4. The fourth-order valence-corrected chi connectivity index (χ4v) is 3.42. The molecule has 2 aromatic carbocycles. The first-order chi connectivity index (χ1) is 16.7. The van der Waals surface area contributed by atoms with Crippen molar-refractivity contribution in [2.75, 3.05) is 0 Å². The summed E-state index contributed by atoms with van der Waals surface area (Å²) < 4.78 is 28.7. The molecule has 0 bridgehead atoms. The molecular weight excluding hydrogens is 481 g/mol. The van der Waals surface area contributed by atoms with E-state index in [4.69, 9.17) is 0 Å². The first-order valence-electron chi connectivity index (χ1n) is 10.6. The van der Waals surface area contributed by atoms with Gasteiger partial charge in [-0.1, -0.05) is 48.6 Å². The summed E-state index contributed by atoms with van der Waals surface area (Å²) in [4.78, 5) is 10.6. The van der Waals surface area contributed by atoms with E-state index in [9.17, 15) is 28.9 Å². The Balaban J connectivity index is 0.00000456. The van der Waals surface area contributed by atoms with E-state index >= 15 is 0 Å². The topological polar surface area (TPSA) is 124 Å². The number of carbonyl (C=O) groups is 1. The molecule has 2 unspecified atom stereocenters. The van der Waals surface area contributed by atoms with Crippen molar-refractivity contribution in [3.05, 3.63) is 101 Å². The van der Waals surface area contributed by atoms with Crippen LogP contribution in [0.15, 0.2) is 72.8 Å². The molecule has 2 N–H and O–H groups in total. The van der Waals surface area contributed by atoms with Crippen LogP contribution in [0.3, 0.4) is 0 Å². The average molecular weight is 504 g/mol. The molecule has 0 saturated heterocycles. The second-order valence-corrected chi connectivity index (χ2v) is 7.71. The quantitative estimate of drug-likeness (QED) is 0.263. The van der Waals surface area contributed by atoms with Crippen LogP contribution in [0.2, 0.25) is 0 Å². The number of hydrogen-bond acceptors (Lipinski definition) is 7. The van der Waals surface area contributed by atoms with E-state index in [2.05, 4.69) is 15.5 Å². The Kier molecular flexibility index (Phi) is 11.3. The maximum Gasteiger partial charge on any atom is 1.00 e. The van der Waals surface area contributed by atoms with Crippen LogP contribution >= 0.6 is 0 Å². The number of aliphatic carboxylic acids is 1. The molecule has 0 spiro atoms. The zero-order valence-corrected chi connectivity index (χ0v) is 21.8. The Morgan fingerprint density at radius 2 is 1.58 bits per heavy atom. The Morgan fingerprint density at radius 1 is 1.03 bits per heavy atom. The third-order valence-electron chi connectivity index (χ3n) is 5.02. The van der Waals surface area contributed by atoms with E-state index in [0.717, 1.165) is 0 Å². The van der Waals surface area contributed by atoms with Crippen LogP contribution in [0.5, 0.6) is 0 Å². The van der Waals surface area contributed by atoms with E-state index in [1.54, 1.807) is 43.5 Å². The van der Waals surface area contributed by atoms with Gasteiger partial charge in [-0.2, -0.15) is 0 Å². The number of rotatable bonds is 10. The van der Waals surface area contributed by atoms with Crippen molar-refractivity contribution >= 4 is 17.1 Å². The number of tetrazole rings is 1. The minimum Gasteiger partial charge on any atom is -0.550 e. The summed E-state index contributed by atoms with van der Waals surface area (Å²) in [6, 6.07) is 11.6. The van der Waals surface area contributed by atoms with E-state index < -0.39 is 36.2 Å². The van der Waals surface area contributed by atoms with Crippen LogP contribution in [0.25, 0.3) is 11.1 Å². The Morgan fingerprint density at radius 3 is 2.06 bits per heavy atom. The predicted octanol–water partition coefficient (Wildman–Crippen LogP) is -1.18. The number of nitrogens with zero attached hydrogens (tertiary/aromatic N) is 4. The fraction of sp³-hybridized carbons (Fsp3) is 0.200. The van der Waals surface area contributed by atoms with Gasteiger partial charge in [-0.3, -0.25) is 0 Å². The Labute approximate surface area is 228 Å². The number of aliphatic hydroxyl groups excluding tert-OH is 2. The minimum atomic E-state index is -1.41. The molecule has 0 aliphatic carbocycles. The van der Waals surface area contributed by atoms with Gasteiger partial charge in [0.15, 0.2) is 5.82 Å². The molecule has 0 aliphatic heterocycles. The van der Waals surface area contributed by atoms with Crippen LogP contribution in [0.1, 0.15) is 29.8 Å². The van der Waals surface area contributed by atoms with Gasteiger partial charge >= 0.3 is 29.6 Å². The van der Waals surface area contributed by atoms with Gasteiger partial charge < -0.3 is 20.1 Å². The SMILES string of the molecule is Cn1nnnc1C(/C=C/C=C/C(O)CC(O)CC(=O)[O-])=C(c1ccc(F)cc1)c1ccc(F)cc1.[Na+]. The number of halogens is 2. The third kappa shape index (κ3) is 8.28. The van der Waals surface area contributed by atoms with Crippen LogP contribution in [0, 0.1) is 11.6 Å². The number of aliphatic hydroxyl groups is 2. The van der Waals surface area contributed by atoms with Gasteiger partial charge in [0.05, 0.1) is 12.2 Å². The second kappa shape index (κ2) is 13.9. The van der Waals surface area contributed by atoms with Gasteiger partial charge in [0.1, 0.15) is 11.6 Å². The molecule has 0 saturated carbocycles. The molecule has 3 rings (SSSR count). The van der Waals surface area contributed by atoms with Gasteiger partial charge in [0, 0.05) is 31.4 Å². The summed E-state index contributed by atoms with van der Waals surface area (Å²) in [6.45, 7) is 0. The van der Waals surface area contributed by atoms with Gasteiger partial charge in [0.2, 0.25) is 0 Å². The molecule has 0 fully saturated rings. The summed E-state index contributed by atoms with van der Waals surface area (Å²) in [5.41, 5.74) is 2.41. The average Bonchev–Trinajstić information content (AvgIpc) is 3.22. The summed E-state index contributed by atoms with van der Waals surface area (Å²) in [5.74, 6) is -1.86. The van der Waals surface area contributed by atoms with E-state index in [1.165, 1.54) is 41.1 Å². The monoisotopic (exact) mass is 504 g/mol. The summed E-state index contributed by atoms with van der Waals surface area (Å²) in [5, 5.41) is 41.9. The number of aryl methyl sites for hydroxylation is 1. The Hall–Kier alpha value is -3.02. The van der Waals surface area contributed by atoms with Gasteiger partial charge in [-0.25, -0.2) is 13.5 Å². The van der Waals surface area contributed by atoms with Crippen molar-refractivity contribution in [3.63, 3.8) is 0 Å². The molecule has 11 heteroatoms. The van der Waals surface area contributed by atoms with E-state index in [-0.39, 0.29) is 36.0 Å². The van der Waals surface area contributed by atoms with Gasteiger partial charge in [-0.15, -0.1) is 5.10 Å². The van der Waals surface area contributed by atoms with Crippen molar-refractivity contribution in [2.45, 2.75) is 25.0 Å². The van der Waals surface area contributed by atoms with Crippen molar-refractivity contribution in [1.29, 1.82) is 0 Å². The molecule has 3 aromatic rings. The van der Waals surface area contributed by atoms with E-state index in [0.29, 0.717) is 28.1 Å². The first kappa shape index (κ1) is 29.2. The zero-order valence-electron chi connectivity index (χ0n) is 19.8. The summed E-state index contributed by atoms with van der Waals surface area (Å²) in [6.07, 6.45) is 3.10. The molecule has 1 heterocycles. The van der Waals surface area contributed by atoms with Crippen molar-refractivity contribution in [1.82, 2.24) is 20.2 Å². The second-order valence-electron chi connectivity index (χ2n) is 7.71. The normalized spacial score (nSPS) is 12.9. The standard InChI is InChI=1S/C25H24F2N4O4.Na/c1-31-25(28-29-30-31)22(5-3-2-4-20(32)14-21(33)15-23(34)35)24(16-6-10-18(26)11-7-16)17-8-12-19(27)13-9-17;/h2-13,20-21,32-33H,14-15H2,1H3,(H,34,35);/q;+1/p-1/b4-2+,5-3+;. The van der Waals surface area contributed by atoms with Crippen LogP contribution in [-0.4, -0.2) is 48.6 Å². The van der Waals surface area contributed by atoms with Crippen LogP contribution in [0.4, 0.5) is 8.78 Å². The molecular formula is C25H23F2N4NaO4. The number of carbonyl (C=O) groups excluding carboxylic acids is 1. The van der Waals surface area contributed by atoms with Crippen LogP contribution < -0.4 is 34.7 Å². The third-order valence-corrected chi connectivity index (χ3v) is 5.02. The largest absolute Gasteiger partial charge is 1.00 e. The summed E-state index contributed by atoms with van der Waals surface area (Å²) in [7, 11) is 1.65. The van der Waals surface area contributed by atoms with Crippen molar-refractivity contribution in [3.8, 4) is 0 Å². The predicted molar refractivity (Wildman–Crippen MR) is 122 cm³/mol. The summed E-state index contributed by atoms with van der Waals surface area (Å²) >= 11 is 0. The Bertz CT molecular complexity index is 1190. The minimum absolute atomic E-state index is 0. The number of benzene rings is 2. The molecule has 0 radical (unpaired) electrons. The smallest absolute Gasteiger partial charge is 0.550 e. The van der Waals surface area contributed by atoms with Crippen molar-refractivity contribution < 1.29 is 58.5 Å². The van der Waals surface area contributed by atoms with Gasteiger partial charge in [-0.05, 0) is 51.4 Å². The van der Waals surface area contributed by atoms with Crippen LogP contribution in [-0.2, 0) is 11.8 Å². The molecule has 36 heavy (non-hydrogen) atoms. The van der Waals surface area contributed by atoms with E-state index in [1.807, 2.05) is 0 Å². The maximum absolute atomic E-state index is 13.6. The maximum atomic E-state index is 13.6. The number of hydrogen-bond donors (Lipinski definition) is 2. The molecule has 0 amide bonds. The molecule has 0 aliphatic rings.